The molecule has 19 heavy (non-hydrogen) atoms. The summed E-state index contributed by atoms with van der Waals surface area (Å²) in [6.07, 6.45) is 5.54. The Hall–Kier alpha value is -1.76. The van der Waals surface area contributed by atoms with Gasteiger partial charge in [-0.15, -0.1) is 9.36 Å². The van der Waals surface area contributed by atoms with Gasteiger partial charge in [0.2, 0.25) is 0 Å². The molecule has 3 aromatic rings. The van der Waals surface area contributed by atoms with Crippen LogP contribution in [0.3, 0.4) is 0 Å². The second-order valence-corrected chi connectivity index (χ2v) is 4.04. The lowest BCUT2D eigenvalue weighted by Gasteiger charge is -1.92. The molecule has 0 spiro atoms. The summed E-state index contributed by atoms with van der Waals surface area (Å²) in [5.74, 6) is 0. The summed E-state index contributed by atoms with van der Waals surface area (Å²) in [5, 5.41) is 4.46. The van der Waals surface area contributed by atoms with E-state index in [0.717, 1.165) is 16.9 Å². The van der Waals surface area contributed by atoms with Gasteiger partial charge in [0.1, 0.15) is 7.05 Å². The van der Waals surface area contributed by atoms with E-state index in [1.54, 1.807) is 12.4 Å². The van der Waals surface area contributed by atoms with Gasteiger partial charge in [0.05, 0.1) is 5.21 Å². The Morgan fingerprint density at radius 1 is 1.00 bits per heavy atom. The third-order valence-electron chi connectivity index (χ3n) is 2.82. The highest BCUT2D eigenvalue weighted by molar-refractivity contribution is 5.55. The van der Waals surface area contributed by atoms with E-state index in [1.165, 1.54) is 0 Å². The Morgan fingerprint density at radius 3 is 2.37 bits per heavy atom. The highest BCUT2D eigenvalue weighted by atomic mass is 127. The molecule has 0 aliphatic heterocycles. The fourth-order valence-corrected chi connectivity index (χ4v) is 1.91. The number of hydrogen-bond donors (Lipinski definition) is 0. The monoisotopic (exact) mass is 364 g/mol. The Balaban J connectivity index is 0.00000133. The number of hydrogen-bond acceptors (Lipinski definition) is 2. The van der Waals surface area contributed by atoms with Crippen molar-refractivity contribution < 1.29 is 28.7 Å². The van der Waals surface area contributed by atoms with Gasteiger partial charge in [0.15, 0.2) is 17.6 Å². The summed E-state index contributed by atoms with van der Waals surface area (Å²) < 4.78 is 3.72. The highest BCUT2D eigenvalue weighted by Gasteiger charge is 2.15. The van der Waals surface area contributed by atoms with Gasteiger partial charge in [-0.2, -0.15) is 0 Å². The zero-order chi connectivity index (χ0) is 12.4. The second-order valence-electron chi connectivity index (χ2n) is 4.04. The molecule has 2 aromatic heterocycles. The quantitative estimate of drug-likeness (QED) is 0.422. The van der Waals surface area contributed by atoms with Crippen molar-refractivity contribution in [2.75, 3.05) is 0 Å². The third kappa shape index (κ3) is 2.81. The topological polar surface area (TPSA) is 34.6 Å². The first kappa shape index (κ1) is 13.7. The molecule has 0 unspecified atom stereocenters. The van der Waals surface area contributed by atoms with Gasteiger partial charge in [-0.1, -0.05) is 30.3 Å². The fourth-order valence-electron chi connectivity index (χ4n) is 1.91. The van der Waals surface area contributed by atoms with Gasteiger partial charge in [0, 0.05) is 30.1 Å². The van der Waals surface area contributed by atoms with Crippen LogP contribution in [-0.2, 0) is 7.05 Å². The van der Waals surface area contributed by atoms with Crippen molar-refractivity contribution in [3.05, 3.63) is 61.1 Å². The number of nitrogens with zero attached hydrogens (tertiary/aromatic N) is 4. The summed E-state index contributed by atoms with van der Waals surface area (Å²) in [5.41, 5.74) is 3.23. The number of pyridine rings is 1. The van der Waals surface area contributed by atoms with Crippen LogP contribution in [0.15, 0.2) is 61.1 Å². The van der Waals surface area contributed by atoms with Gasteiger partial charge in [-0.25, -0.2) is 0 Å². The van der Waals surface area contributed by atoms with E-state index in [0.29, 0.717) is 0 Å². The maximum absolute atomic E-state index is 4.46. The molecule has 0 saturated heterocycles. The molecule has 4 nitrogen and oxygen atoms in total. The van der Waals surface area contributed by atoms with Crippen molar-refractivity contribution in [2.24, 2.45) is 7.05 Å². The SMILES string of the molecule is C[n+]1nn(-c2ccncc2)cc1-c1ccccc1.[I-]. The van der Waals surface area contributed by atoms with Crippen LogP contribution in [0, 0.1) is 0 Å². The van der Waals surface area contributed by atoms with E-state index in [-0.39, 0.29) is 24.0 Å². The van der Waals surface area contributed by atoms with Crippen LogP contribution in [0.25, 0.3) is 16.9 Å². The minimum atomic E-state index is 0. The molecule has 0 saturated carbocycles. The van der Waals surface area contributed by atoms with Crippen LogP contribution in [-0.4, -0.2) is 14.9 Å². The van der Waals surface area contributed by atoms with Crippen molar-refractivity contribution in [1.29, 1.82) is 0 Å². The van der Waals surface area contributed by atoms with Crippen molar-refractivity contribution >= 4 is 0 Å². The molecule has 0 N–H and O–H groups in total. The van der Waals surface area contributed by atoms with E-state index >= 15 is 0 Å². The van der Waals surface area contributed by atoms with Gasteiger partial charge in [-0.05, 0) is 0 Å². The van der Waals surface area contributed by atoms with Gasteiger partial charge < -0.3 is 24.0 Å². The number of rotatable bonds is 2. The largest absolute Gasteiger partial charge is 1.00 e. The molecule has 5 heteroatoms. The van der Waals surface area contributed by atoms with E-state index in [2.05, 4.69) is 22.3 Å². The van der Waals surface area contributed by atoms with Gasteiger partial charge in [-0.3, -0.25) is 4.98 Å². The number of aromatic nitrogens is 4. The zero-order valence-corrected chi connectivity index (χ0v) is 12.6. The summed E-state index contributed by atoms with van der Waals surface area (Å²) >= 11 is 0. The predicted octanol–water partition coefficient (Wildman–Crippen LogP) is -1.24. The lowest BCUT2D eigenvalue weighted by molar-refractivity contribution is -0.721. The first-order valence-electron chi connectivity index (χ1n) is 5.76. The van der Waals surface area contributed by atoms with Crippen molar-refractivity contribution in [1.82, 2.24) is 14.9 Å². The molecule has 96 valence electrons. The highest BCUT2D eigenvalue weighted by Crippen LogP contribution is 2.15. The second kappa shape index (κ2) is 5.92. The average molecular weight is 364 g/mol. The minimum Gasteiger partial charge on any atom is -1.00 e. The molecule has 0 aliphatic rings. The number of benzene rings is 1. The maximum atomic E-state index is 4.46. The molecule has 0 aliphatic carbocycles. The molecule has 0 radical (unpaired) electrons. The van der Waals surface area contributed by atoms with Crippen molar-refractivity contribution in [2.45, 2.75) is 0 Å². The van der Waals surface area contributed by atoms with Crippen LogP contribution in [0.5, 0.6) is 0 Å². The Kier molecular flexibility index (Phi) is 4.26. The maximum Gasteiger partial charge on any atom is 0.197 e. The lowest BCUT2D eigenvalue weighted by Crippen LogP contribution is -3.00. The van der Waals surface area contributed by atoms with Crippen molar-refractivity contribution in [3.63, 3.8) is 0 Å². The standard InChI is InChI=1S/C14H13N4.HI/c1-17-14(12-5-3-2-4-6-12)11-18(16-17)13-7-9-15-10-8-13;/h2-11H,1H3;1H/q+1;/p-1. The van der Waals surface area contributed by atoms with E-state index in [1.807, 2.05) is 52.9 Å². The van der Waals surface area contributed by atoms with E-state index < -0.39 is 0 Å². The summed E-state index contributed by atoms with van der Waals surface area (Å²) in [7, 11) is 1.94. The Labute approximate surface area is 128 Å². The molecule has 1 aromatic carbocycles. The smallest absolute Gasteiger partial charge is 0.197 e. The molecular weight excluding hydrogens is 351 g/mol. The zero-order valence-electron chi connectivity index (χ0n) is 10.4. The summed E-state index contributed by atoms with van der Waals surface area (Å²) in [6.45, 7) is 0. The third-order valence-corrected chi connectivity index (χ3v) is 2.82. The van der Waals surface area contributed by atoms with E-state index in [9.17, 15) is 0 Å². The van der Waals surface area contributed by atoms with Crippen LogP contribution >= 0.6 is 0 Å². The molecule has 0 fully saturated rings. The normalized spacial score (nSPS) is 9.95. The summed E-state index contributed by atoms with van der Waals surface area (Å²) in [6, 6.07) is 14.1. The number of halogens is 1. The average Bonchev–Trinajstić information content (AvgIpc) is 2.83. The molecule has 0 bridgehead atoms. The van der Waals surface area contributed by atoms with Crippen molar-refractivity contribution in [3.8, 4) is 16.9 Å². The van der Waals surface area contributed by atoms with Crippen LogP contribution in [0.2, 0.25) is 0 Å². The molecule has 0 amide bonds. The van der Waals surface area contributed by atoms with Crippen LogP contribution in [0.1, 0.15) is 0 Å². The molecule has 2 heterocycles. The first-order chi connectivity index (χ1) is 8.84. The lowest BCUT2D eigenvalue weighted by atomic mass is 10.2. The molecular formula is C14H13IN4. The number of aryl methyl sites for hydroxylation is 1. The van der Waals surface area contributed by atoms with Crippen LogP contribution < -0.4 is 28.7 Å². The predicted molar refractivity (Wildman–Crippen MR) is 68.0 cm³/mol. The summed E-state index contributed by atoms with van der Waals surface area (Å²) in [4.78, 5) is 4.01. The Morgan fingerprint density at radius 2 is 1.68 bits per heavy atom. The van der Waals surface area contributed by atoms with E-state index in [4.69, 9.17) is 0 Å². The Bertz CT molecular complexity index is 650. The molecule has 0 atom stereocenters. The molecule has 3 rings (SSSR count). The van der Waals surface area contributed by atoms with Crippen LogP contribution in [0.4, 0.5) is 0 Å². The van der Waals surface area contributed by atoms with Gasteiger partial charge >= 0.3 is 0 Å². The minimum absolute atomic E-state index is 0. The fraction of sp³-hybridized carbons (Fsp3) is 0.0714. The van der Waals surface area contributed by atoms with Gasteiger partial charge in [0.25, 0.3) is 0 Å². The first-order valence-corrected chi connectivity index (χ1v) is 5.76.